The molecule has 1 aromatic rings. The van der Waals surface area contributed by atoms with Crippen LogP contribution in [0.15, 0.2) is 29.3 Å². The topological polar surface area (TPSA) is 38.3 Å². The molecule has 0 aromatic heterocycles. The summed E-state index contributed by atoms with van der Waals surface area (Å²) in [6.45, 7) is 7.98. The molecule has 1 aromatic carbocycles. The third kappa shape index (κ3) is 4.61. The fourth-order valence-corrected chi connectivity index (χ4v) is 1.55. The largest absolute Gasteiger partial charge is 0.483 e. The van der Waals surface area contributed by atoms with Gasteiger partial charge in [0.05, 0.1) is 0 Å². The number of aryl methyl sites for hydroxylation is 2. The van der Waals surface area contributed by atoms with Gasteiger partial charge in [0.2, 0.25) is 0 Å². The van der Waals surface area contributed by atoms with Gasteiger partial charge in [-0.05, 0) is 25.0 Å². The molecule has 1 amide bonds. The number of carbonyl (C=O) groups excluding carboxylic acids is 1. The summed E-state index contributed by atoms with van der Waals surface area (Å²) in [6, 6.07) is 5.88. The van der Waals surface area contributed by atoms with Crippen molar-refractivity contribution in [1.29, 1.82) is 0 Å². The molecule has 0 radical (unpaired) electrons. The molecule has 0 aliphatic carbocycles. The predicted molar refractivity (Wildman–Crippen MR) is 72.5 cm³/mol. The van der Waals surface area contributed by atoms with E-state index in [1.807, 2.05) is 32.0 Å². The molecule has 3 nitrogen and oxygen atoms in total. The Labute approximate surface area is 110 Å². The van der Waals surface area contributed by atoms with Crippen molar-refractivity contribution in [3.63, 3.8) is 0 Å². The fourth-order valence-electron chi connectivity index (χ4n) is 1.41. The highest BCUT2D eigenvalue weighted by Crippen LogP contribution is 2.21. The lowest BCUT2D eigenvalue weighted by molar-refractivity contribution is -0.122. The van der Waals surface area contributed by atoms with Crippen LogP contribution in [0.5, 0.6) is 5.75 Å². The number of amides is 1. The summed E-state index contributed by atoms with van der Waals surface area (Å²) in [6.07, 6.45) is 0. The zero-order valence-corrected chi connectivity index (χ0v) is 11.6. The third-order valence-corrected chi connectivity index (χ3v) is 2.51. The number of hydrogen-bond acceptors (Lipinski definition) is 2. The van der Waals surface area contributed by atoms with E-state index < -0.39 is 0 Å². The van der Waals surface area contributed by atoms with Crippen LogP contribution >= 0.6 is 15.9 Å². The third-order valence-electron chi connectivity index (χ3n) is 2.23. The second-order valence-electron chi connectivity index (χ2n) is 3.80. The van der Waals surface area contributed by atoms with E-state index >= 15 is 0 Å². The normalized spacial score (nSPS) is 9.82. The van der Waals surface area contributed by atoms with Crippen LogP contribution in [-0.2, 0) is 4.79 Å². The molecule has 0 bridgehead atoms. The number of halogens is 1. The lowest BCUT2D eigenvalue weighted by Gasteiger charge is -2.11. The Hall–Kier alpha value is -1.29. The van der Waals surface area contributed by atoms with Crippen LogP contribution in [0.3, 0.4) is 0 Å². The number of benzene rings is 1. The number of nitrogens with one attached hydrogen (secondary N) is 1. The maximum Gasteiger partial charge on any atom is 0.258 e. The molecule has 0 fully saturated rings. The molecule has 17 heavy (non-hydrogen) atoms. The minimum atomic E-state index is -0.159. The van der Waals surface area contributed by atoms with Gasteiger partial charge >= 0.3 is 0 Å². The Morgan fingerprint density at radius 2 is 2.00 bits per heavy atom. The first-order chi connectivity index (χ1) is 8.00. The highest BCUT2D eigenvalue weighted by atomic mass is 79.9. The Morgan fingerprint density at radius 3 is 2.53 bits per heavy atom. The summed E-state index contributed by atoms with van der Waals surface area (Å²) in [7, 11) is 0. The van der Waals surface area contributed by atoms with Gasteiger partial charge in [-0.15, -0.1) is 0 Å². The molecule has 0 atom stereocenters. The summed E-state index contributed by atoms with van der Waals surface area (Å²) in [5.41, 5.74) is 2.06. The van der Waals surface area contributed by atoms with E-state index in [9.17, 15) is 4.79 Å². The van der Waals surface area contributed by atoms with Crippen LogP contribution in [-0.4, -0.2) is 19.1 Å². The van der Waals surface area contributed by atoms with Crippen molar-refractivity contribution in [1.82, 2.24) is 5.32 Å². The standard InChI is InChI=1S/C13H16BrNO2/c1-9-5-4-6-10(2)13(9)17-8-12(16)15-7-11(3)14/h4-6H,3,7-8H2,1-2H3,(H,15,16). The molecule has 0 aliphatic rings. The van der Waals surface area contributed by atoms with Crippen LogP contribution in [0.4, 0.5) is 0 Å². The zero-order valence-electron chi connectivity index (χ0n) is 10.0. The van der Waals surface area contributed by atoms with E-state index in [4.69, 9.17) is 4.74 Å². The van der Waals surface area contributed by atoms with Gasteiger partial charge in [-0.2, -0.15) is 0 Å². The monoisotopic (exact) mass is 297 g/mol. The molecule has 0 aliphatic heterocycles. The highest BCUT2D eigenvalue weighted by molar-refractivity contribution is 9.11. The van der Waals surface area contributed by atoms with Gasteiger partial charge in [-0.3, -0.25) is 4.79 Å². The van der Waals surface area contributed by atoms with Crippen LogP contribution in [0.25, 0.3) is 0 Å². The van der Waals surface area contributed by atoms with Gasteiger partial charge < -0.3 is 10.1 Å². The Bertz CT molecular complexity index is 409. The molecule has 0 saturated heterocycles. The maximum atomic E-state index is 11.4. The predicted octanol–water partition coefficient (Wildman–Crippen LogP) is 2.71. The average molecular weight is 298 g/mol. The summed E-state index contributed by atoms with van der Waals surface area (Å²) in [4.78, 5) is 11.4. The highest BCUT2D eigenvalue weighted by Gasteiger charge is 2.06. The second-order valence-corrected chi connectivity index (χ2v) is 4.93. The van der Waals surface area contributed by atoms with Crippen LogP contribution in [0, 0.1) is 13.8 Å². The van der Waals surface area contributed by atoms with Gasteiger partial charge in [0.15, 0.2) is 6.61 Å². The van der Waals surface area contributed by atoms with Crippen molar-refractivity contribution in [3.8, 4) is 5.75 Å². The van der Waals surface area contributed by atoms with Gasteiger partial charge in [0.1, 0.15) is 5.75 Å². The average Bonchev–Trinajstić information content (AvgIpc) is 2.25. The first-order valence-corrected chi connectivity index (χ1v) is 6.09. The van der Waals surface area contributed by atoms with Crippen LogP contribution in [0.1, 0.15) is 11.1 Å². The summed E-state index contributed by atoms with van der Waals surface area (Å²) >= 11 is 3.17. The number of carbonyl (C=O) groups is 1. The molecular weight excluding hydrogens is 282 g/mol. The van der Waals surface area contributed by atoms with Crippen molar-refractivity contribution in [2.45, 2.75) is 13.8 Å². The molecule has 0 saturated carbocycles. The van der Waals surface area contributed by atoms with Crippen molar-refractivity contribution >= 4 is 21.8 Å². The zero-order chi connectivity index (χ0) is 12.8. The lowest BCUT2D eigenvalue weighted by atomic mass is 10.1. The van der Waals surface area contributed by atoms with E-state index in [1.165, 1.54) is 0 Å². The molecule has 1 rings (SSSR count). The molecule has 1 N–H and O–H groups in total. The number of rotatable bonds is 5. The minimum absolute atomic E-state index is 0.0198. The van der Waals surface area contributed by atoms with Crippen molar-refractivity contribution in [3.05, 3.63) is 40.4 Å². The van der Waals surface area contributed by atoms with E-state index in [-0.39, 0.29) is 12.5 Å². The van der Waals surface area contributed by atoms with Crippen molar-refractivity contribution in [2.24, 2.45) is 0 Å². The Kier molecular flexibility index (Phi) is 5.22. The van der Waals surface area contributed by atoms with E-state index in [0.29, 0.717) is 6.54 Å². The summed E-state index contributed by atoms with van der Waals surface area (Å²) in [5.74, 6) is 0.619. The quantitative estimate of drug-likeness (QED) is 0.907. The van der Waals surface area contributed by atoms with Crippen LogP contribution < -0.4 is 10.1 Å². The molecule has 0 heterocycles. The Morgan fingerprint density at radius 1 is 1.41 bits per heavy atom. The fraction of sp³-hybridized carbons (Fsp3) is 0.308. The molecular formula is C13H16BrNO2. The first kappa shape index (κ1) is 13.8. The summed E-state index contributed by atoms with van der Waals surface area (Å²) < 4.78 is 6.24. The van der Waals surface area contributed by atoms with E-state index in [2.05, 4.69) is 27.8 Å². The number of hydrogen-bond donors (Lipinski definition) is 1. The van der Waals surface area contributed by atoms with Crippen molar-refractivity contribution in [2.75, 3.05) is 13.2 Å². The number of para-hydroxylation sites is 1. The second kappa shape index (κ2) is 6.45. The smallest absolute Gasteiger partial charge is 0.258 e. The van der Waals surface area contributed by atoms with E-state index in [1.54, 1.807) is 0 Å². The van der Waals surface area contributed by atoms with Crippen LogP contribution in [0.2, 0.25) is 0 Å². The van der Waals surface area contributed by atoms with Gasteiger partial charge in [-0.1, -0.05) is 40.7 Å². The summed E-state index contributed by atoms with van der Waals surface area (Å²) in [5, 5.41) is 2.68. The first-order valence-electron chi connectivity index (χ1n) is 5.29. The lowest BCUT2D eigenvalue weighted by Crippen LogP contribution is -2.29. The molecule has 92 valence electrons. The van der Waals surface area contributed by atoms with Crippen molar-refractivity contribution < 1.29 is 9.53 Å². The maximum absolute atomic E-state index is 11.4. The van der Waals surface area contributed by atoms with E-state index in [0.717, 1.165) is 21.4 Å². The SMILES string of the molecule is C=C(Br)CNC(=O)COc1c(C)cccc1C. The Balaban J connectivity index is 2.50. The van der Waals surface area contributed by atoms with Gasteiger partial charge in [0, 0.05) is 11.0 Å². The number of ether oxygens (including phenoxy) is 1. The molecule has 0 spiro atoms. The molecule has 4 heteroatoms. The molecule has 0 unspecified atom stereocenters. The van der Waals surface area contributed by atoms with Gasteiger partial charge in [-0.25, -0.2) is 0 Å². The minimum Gasteiger partial charge on any atom is -0.483 e. The van der Waals surface area contributed by atoms with Gasteiger partial charge in [0.25, 0.3) is 5.91 Å².